The summed E-state index contributed by atoms with van der Waals surface area (Å²) in [6.45, 7) is 0.464. The van der Waals surface area contributed by atoms with Crippen molar-refractivity contribution in [2.45, 2.75) is 38.5 Å². The lowest BCUT2D eigenvalue weighted by Crippen LogP contribution is -2.29. The molecule has 0 unspecified atom stereocenters. The summed E-state index contributed by atoms with van der Waals surface area (Å²) in [6.07, 6.45) is 7.03. The molecule has 2 rings (SSSR count). The fourth-order valence-electron chi connectivity index (χ4n) is 2.50. The minimum atomic E-state index is -0.872. The maximum Gasteiger partial charge on any atom is 0.233 e. The predicted octanol–water partition coefficient (Wildman–Crippen LogP) is 3.30. The average molecular weight is 322 g/mol. The molecule has 0 saturated carbocycles. The number of anilines is 1. The van der Waals surface area contributed by atoms with Crippen molar-refractivity contribution >= 4 is 17.5 Å². The smallest absolute Gasteiger partial charge is 0.233 e. The van der Waals surface area contributed by atoms with Gasteiger partial charge in [0.15, 0.2) is 0 Å². The van der Waals surface area contributed by atoms with Crippen LogP contribution in [0, 0.1) is 11.6 Å². The first-order valence-corrected chi connectivity index (χ1v) is 7.74. The molecule has 0 aliphatic heterocycles. The van der Waals surface area contributed by atoms with Crippen LogP contribution in [0.25, 0.3) is 0 Å². The summed E-state index contributed by atoms with van der Waals surface area (Å²) in [5, 5.41) is 4.74. The molecule has 1 aliphatic carbocycles. The van der Waals surface area contributed by atoms with Crippen LogP contribution in [0.15, 0.2) is 29.8 Å². The lowest BCUT2D eigenvalue weighted by atomic mass is 9.97. The van der Waals surface area contributed by atoms with E-state index in [-0.39, 0.29) is 0 Å². The Labute approximate surface area is 134 Å². The van der Waals surface area contributed by atoms with Crippen LogP contribution < -0.4 is 10.6 Å². The number of rotatable bonds is 6. The molecule has 0 spiro atoms. The molecule has 0 bridgehead atoms. The summed E-state index contributed by atoms with van der Waals surface area (Å²) >= 11 is 0. The molecule has 1 aromatic rings. The van der Waals surface area contributed by atoms with Crippen molar-refractivity contribution < 1.29 is 18.4 Å². The number of carbonyl (C=O) groups excluding carboxylic acids is 2. The van der Waals surface area contributed by atoms with Crippen molar-refractivity contribution in [3.05, 3.63) is 41.5 Å². The van der Waals surface area contributed by atoms with Gasteiger partial charge in [0.05, 0.1) is 0 Å². The van der Waals surface area contributed by atoms with Crippen molar-refractivity contribution in [1.29, 1.82) is 0 Å². The number of carbonyl (C=O) groups is 2. The van der Waals surface area contributed by atoms with Crippen LogP contribution in [0.1, 0.15) is 38.5 Å². The third kappa shape index (κ3) is 5.47. The summed E-state index contributed by atoms with van der Waals surface area (Å²) in [6, 6.07) is 3.28. The molecule has 0 radical (unpaired) electrons. The highest BCUT2D eigenvalue weighted by atomic mass is 19.1. The van der Waals surface area contributed by atoms with Gasteiger partial charge in [-0.15, -0.1) is 0 Å². The number of hydrogen-bond donors (Lipinski definition) is 2. The van der Waals surface area contributed by atoms with Crippen molar-refractivity contribution in [2.75, 3.05) is 11.9 Å². The van der Waals surface area contributed by atoms with E-state index in [4.69, 9.17) is 0 Å². The Morgan fingerprint density at radius 2 is 1.83 bits per heavy atom. The normalized spacial score (nSPS) is 14.1. The first kappa shape index (κ1) is 17.1. The Kier molecular flexibility index (Phi) is 6.26. The maximum absolute atomic E-state index is 13.4. The van der Waals surface area contributed by atoms with Crippen LogP contribution in [0.4, 0.5) is 14.5 Å². The van der Waals surface area contributed by atoms with Crippen molar-refractivity contribution in [2.24, 2.45) is 0 Å². The second-order valence-electron chi connectivity index (χ2n) is 5.53. The highest BCUT2D eigenvalue weighted by Crippen LogP contribution is 2.19. The largest absolute Gasteiger partial charge is 0.355 e. The average Bonchev–Trinajstić information content (AvgIpc) is 2.52. The number of halogens is 2. The molecular formula is C17H20F2N2O2. The number of hydrogen-bond acceptors (Lipinski definition) is 2. The van der Waals surface area contributed by atoms with Gasteiger partial charge in [-0.05, 0) is 44.2 Å². The standard InChI is InChI=1S/C17H20F2N2O2/c18-13-7-4-8-14(19)17(13)21-16(23)11-15(22)20-10-9-12-5-2-1-3-6-12/h4-5,7-8H,1-3,6,9-11H2,(H,20,22)(H,21,23). The predicted molar refractivity (Wildman–Crippen MR) is 83.8 cm³/mol. The van der Waals surface area contributed by atoms with E-state index in [0.29, 0.717) is 6.54 Å². The van der Waals surface area contributed by atoms with Crippen molar-refractivity contribution in [3.8, 4) is 0 Å². The summed E-state index contributed by atoms with van der Waals surface area (Å²) < 4.78 is 26.8. The summed E-state index contributed by atoms with van der Waals surface area (Å²) in [4.78, 5) is 23.4. The lowest BCUT2D eigenvalue weighted by Gasteiger charge is -2.13. The summed E-state index contributed by atoms with van der Waals surface area (Å²) in [7, 11) is 0. The number of nitrogens with one attached hydrogen (secondary N) is 2. The Balaban J connectivity index is 1.74. The van der Waals surface area contributed by atoms with Gasteiger partial charge in [-0.2, -0.15) is 0 Å². The highest BCUT2D eigenvalue weighted by Gasteiger charge is 2.14. The fourth-order valence-corrected chi connectivity index (χ4v) is 2.50. The van der Waals surface area contributed by atoms with Gasteiger partial charge < -0.3 is 10.6 Å². The van der Waals surface area contributed by atoms with Crippen LogP contribution in [0.5, 0.6) is 0 Å². The zero-order valence-corrected chi connectivity index (χ0v) is 12.8. The number of para-hydroxylation sites is 1. The van der Waals surface area contributed by atoms with Crippen molar-refractivity contribution in [3.63, 3.8) is 0 Å². The van der Waals surface area contributed by atoms with Gasteiger partial charge in [-0.1, -0.05) is 17.7 Å². The summed E-state index contributed by atoms with van der Waals surface area (Å²) in [5.41, 5.74) is 0.798. The Bertz CT molecular complexity index is 594. The second-order valence-corrected chi connectivity index (χ2v) is 5.53. The molecule has 2 N–H and O–H groups in total. The van der Waals surface area contributed by atoms with E-state index in [1.807, 2.05) is 0 Å². The fraction of sp³-hybridized carbons (Fsp3) is 0.412. The van der Waals surface area contributed by atoms with Gasteiger partial charge in [-0.25, -0.2) is 8.78 Å². The molecule has 4 nitrogen and oxygen atoms in total. The zero-order chi connectivity index (χ0) is 16.7. The molecule has 1 aromatic carbocycles. The monoisotopic (exact) mass is 322 g/mol. The highest BCUT2D eigenvalue weighted by molar-refractivity contribution is 6.03. The third-order valence-corrected chi connectivity index (χ3v) is 3.70. The van der Waals surface area contributed by atoms with E-state index < -0.39 is 35.6 Å². The van der Waals surface area contributed by atoms with Gasteiger partial charge in [0.1, 0.15) is 23.7 Å². The van der Waals surface area contributed by atoms with E-state index in [2.05, 4.69) is 16.7 Å². The molecule has 23 heavy (non-hydrogen) atoms. The van der Waals surface area contributed by atoms with E-state index in [1.54, 1.807) is 0 Å². The molecule has 124 valence electrons. The Morgan fingerprint density at radius 1 is 1.09 bits per heavy atom. The van der Waals surface area contributed by atoms with Crippen LogP contribution in [-0.2, 0) is 9.59 Å². The molecular weight excluding hydrogens is 302 g/mol. The molecule has 0 heterocycles. The molecule has 0 atom stereocenters. The quantitative estimate of drug-likeness (QED) is 0.623. The van der Waals surface area contributed by atoms with Gasteiger partial charge in [0.25, 0.3) is 0 Å². The molecule has 2 amide bonds. The van der Waals surface area contributed by atoms with Crippen LogP contribution in [0.2, 0.25) is 0 Å². The third-order valence-electron chi connectivity index (χ3n) is 3.70. The minimum absolute atomic E-state index is 0.462. The lowest BCUT2D eigenvalue weighted by molar-refractivity contribution is -0.126. The molecule has 0 saturated heterocycles. The number of allylic oxidation sites excluding steroid dienone is 1. The molecule has 6 heteroatoms. The van der Waals surface area contributed by atoms with Crippen LogP contribution in [0.3, 0.4) is 0 Å². The second kappa shape index (κ2) is 8.41. The number of amides is 2. The SMILES string of the molecule is O=C(CC(=O)Nc1c(F)cccc1F)NCCC1=CCCCC1. The van der Waals surface area contributed by atoms with Gasteiger partial charge >= 0.3 is 0 Å². The zero-order valence-electron chi connectivity index (χ0n) is 12.8. The Morgan fingerprint density at radius 3 is 2.48 bits per heavy atom. The van der Waals surface area contributed by atoms with E-state index in [1.165, 1.54) is 24.5 Å². The van der Waals surface area contributed by atoms with Gasteiger partial charge in [0.2, 0.25) is 11.8 Å². The van der Waals surface area contributed by atoms with E-state index >= 15 is 0 Å². The first-order valence-electron chi connectivity index (χ1n) is 7.74. The van der Waals surface area contributed by atoms with Crippen molar-refractivity contribution in [1.82, 2.24) is 5.32 Å². The van der Waals surface area contributed by atoms with Crippen LogP contribution >= 0.6 is 0 Å². The molecule has 0 aromatic heterocycles. The van der Waals surface area contributed by atoms with E-state index in [9.17, 15) is 18.4 Å². The van der Waals surface area contributed by atoms with E-state index in [0.717, 1.165) is 31.4 Å². The summed E-state index contributed by atoms with van der Waals surface area (Å²) in [5.74, 6) is -2.95. The first-order chi connectivity index (χ1) is 11.1. The topological polar surface area (TPSA) is 58.2 Å². The van der Waals surface area contributed by atoms with Crippen LogP contribution in [-0.4, -0.2) is 18.4 Å². The Hall–Kier alpha value is -2.24. The van der Waals surface area contributed by atoms with Gasteiger partial charge in [-0.3, -0.25) is 9.59 Å². The minimum Gasteiger partial charge on any atom is -0.355 e. The van der Waals surface area contributed by atoms with Gasteiger partial charge in [0, 0.05) is 6.54 Å². The molecule has 1 aliphatic rings. The maximum atomic E-state index is 13.4. The number of benzene rings is 1. The molecule has 0 fully saturated rings.